The summed E-state index contributed by atoms with van der Waals surface area (Å²) in [5.74, 6) is 2.11. The molecule has 1 aliphatic heterocycles. The Morgan fingerprint density at radius 2 is 2.27 bits per heavy atom. The number of fused-ring (bicyclic) bond motifs is 2. The minimum absolute atomic E-state index is 0.253. The fraction of sp³-hybridized carbons (Fsp3) is 0.538. The summed E-state index contributed by atoms with van der Waals surface area (Å²) in [6.45, 7) is 3.50. The molecule has 2 atom stereocenters. The van der Waals surface area contributed by atoms with Gasteiger partial charge >= 0.3 is 0 Å². The summed E-state index contributed by atoms with van der Waals surface area (Å²) >= 11 is 2.11. The minimum Gasteiger partial charge on any atom is -0.299 e. The molecule has 0 saturated carbocycles. The number of benzene rings is 1. The summed E-state index contributed by atoms with van der Waals surface area (Å²) in [5.41, 5.74) is 3.09. The van der Waals surface area contributed by atoms with Gasteiger partial charge in [0.2, 0.25) is 0 Å². The van der Waals surface area contributed by atoms with Crippen molar-refractivity contribution in [2.45, 2.75) is 24.6 Å². The molecular formula is C13H17NS. The molecule has 15 heavy (non-hydrogen) atoms. The van der Waals surface area contributed by atoms with E-state index in [1.807, 2.05) is 0 Å². The van der Waals surface area contributed by atoms with Crippen molar-refractivity contribution in [3.8, 4) is 0 Å². The Bertz CT molecular complexity index is 367. The van der Waals surface area contributed by atoms with Gasteiger partial charge in [-0.15, -0.1) is 11.8 Å². The maximum atomic E-state index is 3.76. The lowest BCUT2D eigenvalue weighted by Gasteiger charge is -2.37. The lowest BCUT2D eigenvalue weighted by Crippen LogP contribution is -2.44. The van der Waals surface area contributed by atoms with Gasteiger partial charge in [0.1, 0.15) is 0 Å². The molecule has 2 unspecified atom stereocenters. The fourth-order valence-electron chi connectivity index (χ4n) is 2.64. The maximum absolute atomic E-state index is 3.76. The molecule has 2 heteroatoms. The van der Waals surface area contributed by atoms with Gasteiger partial charge in [0.25, 0.3) is 0 Å². The van der Waals surface area contributed by atoms with E-state index >= 15 is 0 Å². The first-order valence-corrected chi connectivity index (χ1v) is 6.76. The standard InChI is InChI=1S/C13H17NS/c1-10-8-14-13(15-9-10)7-6-11-4-2-3-5-12(11)13/h2-5,10,14H,6-9H2,1H3. The summed E-state index contributed by atoms with van der Waals surface area (Å²) in [6, 6.07) is 8.92. The molecule has 1 fully saturated rings. The molecule has 0 aromatic heterocycles. The monoisotopic (exact) mass is 219 g/mol. The predicted octanol–water partition coefficient (Wildman–Crippen LogP) is 2.76. The van der Waals surface area contributed by atoms with Crippen LogP contribution in [-0.4, -0.2) is 12.3 Å². The third-order valence-electron chi connectivity index (χ3n) is 3.55. The molecule has 1 heterocycles. The Kier molecular flexibility index (Phi) is 2.29. The highest BCUT2D eigenvalue weighted by atomic mass is 32.2. The minimum atomic E-state index is 0.253. The summed E-state index contributed by atoms with van der Waals surface area (Å²) in [6.07, 6.45) is 2.51. The number of hydrogen-bond acceptors (Lipinski definition) is 2. The molecule has 1 aliphatic carbocycles. The quantitative estimate of drug-likeness (QED) is 0.720. The van der Waals surface area contributed by atoms with Gasteiger partial charge in [0.05, 0.1) is 4.87 Å². The molecule has 1 aromatic rings. The van der Waals surface area contributed by atoms with Gasteiger partial charge < -0.3 is 0 Å². The molecule has 1 spiro atoms. The van der Waals surface area contributed by atoms with Crippen molar-refractivity contribution in [2.24, 2.45) is 5.92 Å². The van der Waals surface area contributed by atoms with Gasteiger partial charge in [0, 0.05) is 6.54 Å². The molecule has 1 N–H and O–H groups in total. The second kappa shape index (κ2) is 3.53. The van der Waals surface area contributed by atoms with E-state index in [4.69, 9.17) is 0 Å². The van der Waals surface area contributed by atoms with Crippen LogP contribution in [0.15, 0.2) is 24.3 Å². The van der Waals surface area contributed by atoms with Crippen molar-refractivity contribution in [3.63, 3.8) is 0 Å². The van der Waals surface area contributed by atoms with Crippen LogP contribution in [0.1, 0.15) is 24.5 Å². The zero-order valence-electron chi connectivity index (χ0n) is 9.12. The third-order valence-corrected chi connectivity index (χ3v) is 5.35. The Morgan fingerprint density at radius 1 is 1.40 bits per heavy atom. The Morgan fingerprint density at radius 3 is 3.07 bits per heavy atom. The van der Waals surface area contributed by atoms with Gasteiger partial charge in [-0.25, -0.2) is 0 Å². The topological polar surface area (TPSA) is 12.0 Å². The van der Waals surface area contributed by atoms with Gasteiger partial charge in [0.15, 0.2) is 0 Å². The molecule has 0 radical (unpaired) electrons. The molecule has 0 bridgehead atoms. The van der Waals surface area contributed by atoms with Crippen LogP contribution < -0.4 is 5.32 Å². The van der Waals surface area contributed by atoms with Gasteiger partial charge in [-0.2, -0.15) is 0 Å². The van der Waals surface area contributed by atoms with Gasteiger partial charge in [-0.05, 0) is 35.6 Å². The van der Waals surface area contributed by atoms with Crippen molar-refractivity contribution in [1.82, 2.24) is 5.32 Å². The maximum Gasteiger partial charge on any atom is 0.0907 e. The Labute approximate surface area is 95.6 Å². The van der Waals surface area contributed by atoms with E-state index in [0.29, 0.717) is 0 Å². The van der Waals surface area contributed by atoms with Crippen LogP contribution in [-0.2, 0) is 11.3 Å². The molecule has 0 amide bonds. The van der Waals surface area contributed by atoms with Crippen LogP contribution in [0.4, 0.5) is 0 Å². The van der Waals surface area contributed by atoms with Crippen LogP contribution in [0, 0.1) is 5.92 Å². The number of thioether (sulfide) groups is 1. The van der Waals surface area contributed by atoms with E-state index in [0.717, 1.165) is 5.92 Å². The smallest absolute Gasteiger partial charge is 0.0907 e. The number of aryl methyl sites for hydroxylation is 1. The molecule has 3 rings (SSSR count). The second-order valence-electron chi connectivity index (χ2n) is 4.78. The van der Waals surface area contributed by atoms with Crippen LogP contribution in [0.2, 0.25) is 0 Å². The highest BCUT2D eigenvalue weighted by molar-refractivity contribution is 8.00. The summed E-state index contributed by atoms with van der Waals surface area (Å²) in [7, 11) is 0. The average molecular weight is 219 g/mol. The SMILES string of the molecule is CC1CNC2(CCc3ccccc32)SC1. The zero-order chi connectivity index (χ0) is 10.3. The van der Waals surface area contributed by atoms with E-state index in [9.17, 15) is 0 Å². The van der Waals surface area contributed by atoms with E-state index < -0.39 is 0 Å². The molecule has 80 valence electrons. The van der Waals surface area contributed by atoms with Crippen LogP contribution >= 0.6 is 11.8 Å². The summed E-state index contributed by atoms with van der Waals surface area (Å²) in [5, 5.41) is 3.76. The second-order valence-corrected chi connectivity index (χ2v) is 6.10. The van der Waals surface area contributed by atoms with E-state index in [1.165, 1.54) is 25.1 Å². The lowest BCUT2D eigenvalue weighted by molar-refractivity contribution is 0.416. The molecule has 2 aliphatic rings. The highest BCUT2D eigenvalue weighted by Crippen LogP contribution is 2.47. The number of hydrogen-bond donors (Lipinski definition) is 1. The van der Waals surface area contributed by atoms with Crippen molar-refractivity contribution in [1.29, 1.82) is 0 Å². The predicted molar refractivity (Wildman–Crippen MR) is 66.1 cm³/mol. The van der Waals surface area contributed by atoms with Crippen molar-refractivity contribution in [2.75, 3.05) is 12.3 Å². The number of rotatable bonds is 0. The Balaban J connectivity index is 1.95. The highest BCUT2D eigenvalue weighted by Gasteiger charge is 2.41. The van der Waals surface area contributed by atoms with E-state index in [2.05, 4.69) is 48.3 Å². The average Bonchev–Trinajstić information content (AvgIpc) is 2.63. The first-order valence-electron chi connectivity index (χ1n) is 5.77. The van der Waals surface area contributed by atoms with Crippen molar-refractivity contribution >= 4 is 11.8 Å². The first-order chi connectivity index (χ1) is 7.30. The van der Waals surface area contributed by atoms with E-state index in [-0.39, 0.29) is 4.87 Å². The Hall–Kier alpha value is -0.470. The van der Waals surface area contributed by atoms with Crippen molar-refractivity contribution < 1.29 is 0 Å². The summed E-state index contributed by atoms with van der Waals surface area (Å²) < 4.78 is 0. The molecular weight excluding hydrogens is 202 g/mol. The normalized spacial score (nSPS) is 34.3. The van der Waals surface area contributed by atoms with E-state index in [1.54, 1.807) is 11.1 Å². The number of nitrogens with one attached hydrogen (secondary N) is 1. The van der Waals surface area contributed by atoms with Crippen molar-refractivity contribution in [3.05, 3.63) is 35.4 Å². The summed E-state index contributed by atoms with van der Waals surface area (Å²) in [4.78, 5) is 0.253. The molecule has 1 nitrogen and oxygen atoms in total. The van der Waals surface area contributed by atoms with Crippen LogP contribution in [0.5, 0.6) is 0 Å². The lowest BCUT2D eigenvalue weighted by atomic mass is 10.1. The third kappa shape index (κ3) is 1.51. The molecule has 1 aromatic carbocycles. The van der Waals surface area contributed by atoms with Gasteiger partial charge in [-0.3, -0.25) is 5.32 Å². The molecule has 1 saturated heterocycles. The fourth-order valence-corrected chi connectivity index (χ4v) is 4.12. The first kappa shape index (κ1) is 9.73. The van der Waals surface area contributed by atoms with Crippen LogP contribution in [0.3, 0.4) is 0 Å². The zero-order valence-corrected chi connectivity index (χ0v) is 9.94. The van der Waals surface area contributed by atoms with Gasteiger partial charge in [-0.1, -0.05) is 31.2 Å². The largest absolute Gasteiger partial charge is 0.299 e. The van der Waals surface area contributed by atoms with Crippen LogP contribution in [0.25, 0.3) is 0 Å².